The predicted molar refractivity (Wildman–Crippen MR) is 105 cm³/mol. The van der Waals surface area contributed by atoms with E-state index < -0.39 is 18.1 Å². The molecule has 0 saturated heterocycles. The van der Waals surface area contributed by atoms with Gasteiger partial charge < -0.3 is 4.74 Å². The van der Waals surface area contributed by atoms with Crippen molar-refractivity contribution < 1.29 is 13.2 Å². The van der Waals surface area contributed by atoms with Gasteiger partial charge in [-0.3, -0.25) is 0 Å². The van der Waals surface area contributed by atoms with E-state index in [-0.39, 0.29) is 12.5 Å². The molecule has 0 unspecified atom stereocenters. The number of benzene rings is 1. The first-order chi connectivity index (χ1) is 10.6. The predicted octanol–water partition coefficient (Wildman–Crippen LogP) is 4.96. The molecule has 23 heavy (non-hydrogen) atoms. The average molecular weight is 443 g/mol. The molecule has 8 heteroatoms. The van der Waals surface area contributed by atoms with Gasteiger partial charge in [-0.1, -0.05) is 44.2 Å². The molecule has 0 aliphatic carbocycles. The van der Waals surface area contributed by atoms with E-state index in [1.807, 2.05) is 6.92 Å². The highest BCUT2D eigenvalue weighted by atomic mass is 79.9. The first kappa shape index (κ1) is 21.0. The molecule has 0 amide bonds. The monoisotopic (exact) mass is 441 g/mol. The van der Waals surface area contributed by atoms with Crippen LogP contribution in [0.25, 0.3) is 0 Å². The van der Waals surface area contributed by atoms with E-state index in [2.05, 4.69) is 35.6 Å². The molecule has 0 spiro atoms. The first-order valence-electron chi connectivity index (χ1n) is 7.60. The lowest BCUT2D eigenvalue weighted by Gasteiger charge is -2.26. The maximum atomic E-state index is 12.6. The van der Waals surface area contributed by atoms with E-state index in [0.29, 0.717) is 28.2 Å². The summed E-state index contributed by atoms with van der Waals surface area (Å²) in [7, 11) is -4.68. The van der Waals surface area contributed by atoms with Crippen LogP contribution in [0.5, 0.6) is 0 Å². The molecule has 0 bridgehead atoms. The molecule has 0 aliphatic heterocycles. The topological polar surface area (TPSA) is 46.6 Å². The Morgan fingerprint density at radius 2 is 1.96 bits per heavy atom. The minimum Gasteiger partial charge on any atom is -0.360 e. The van der Waals surface area contributed by atoms with Gasteiger partial charge in [0, 0.05) is 19.2 Å². The molecule has 4 nitrogen and oxygen atoms in total. The van der Waals surface area contributed by atoms with Crippen LogP contribution in [0.2, 0.25) is 30.7 Å². The number of halogens is 2. The summed E-state index contributed by atoms with van der Waals surface area (Å²) < 4.78 is 32.7. The number of nitrogens with zero attached hydrogens (tertiary/aromatic N) is 1. The van der Waals surface area contributed by atoms with E-state index >= 15 is 0 Å². The standard InChI is InChI=1S/C15H25BrClNO3SSi/c1-5-10-22(19,20)18(12-21-9-11-23(2,3)4)14-8-6-7-13(16)15(14)17/h6-8H,5,9-12H2,1-4H3. The van der Waals surface area contributed by atoms with Gasteiger partial charge in [0.2, 0.25) is 10.0 Å². The Morgan fingerprint density at radius 1 is 1.30 bits per heavy atom. The van der Waals surface area contributed by atoms with Crippen molar-refractivity contribution in [2.75, 3.05) is 23.4 Å². The van der Waals surface area contributed by atoms with Gasteiger partial charge in [0.25, 0.3) is 0 Å². The number of rotatable bonds is 9. The Hall–Kier alpha value is -0.0831. The van der Waals surface area contributed by atoms with Crippen molar-refractivity contribution in [1.82, 2.24) is 0 Å². The normalized spacial score (nSPS) is 12.4. The summed E-state index contributed by atoms with van der Waals surface area (Å²) >= 11 is 9.62. The fourth-order valence-electron chi connectivity index (χ4n) is 1.88. The van der Waals surface area contributed by atoms with Gasteiger partial charge in [0.05, 0.1) is 16.5 Å². The summed E-state index contributed by atoms with van der Waals surface area (Å²) in [5.41, 5.74) is 0.447. The molecule has 1 aromatic rings. The molecule has 0 radical (unpaired) electrons. The zero-order valence-corrected chi connectivity index (χ0v) is 18.3. The van der Waals surface area contributed by atoms with E-state index in [1.165, 1.54) is 4.31 Å². The maximum absolute atomic E-state index is 12.6. The number of anilines is 1. The van der Waals surface area contributed by atoms with Crippen LogP contribution < -0.4 is 4.31 Å². The van der Waals surface area contributed by atoms with Gasteiger partial charge in [-0.2, -0.15) is 0 Å². The third kappa shape index (κ3) is 6.74. The van der Waals surface area contributed by atoms with Gasteiger partial charge >= 0.3 is 0 Å². The van der Waals surface area contributed by atoms with Crippen LogP contribution in [-0.2, 0) is 14.8 Å². The Balaban J connectivity index is 2.97. The van der Waals surface area contributed by atoms with Crippen LogP contribution >= 0.6 is 27.5 Å². The highest BCUT2D eigenvalue weighted by Gasteiger charge is 2.25. The van der Waals surface area contributed by atoms with E-state index in [9.17, 15) is 8.42 Å². The van der Waals surface area contributed by atoms with Crippen molar-refractivity contribution >= 4 is 51.3 Å². The molecular formula is C15H25BrClNO3SSi. The van der Waals surface area contributed by atoms with Crippen molar-refractivity contribution in [3.63, 3.8) is 0 Å². The molecule has 0 saturated carbocycles. The SMILES string of the molecule is CCCS(=O)(=O)N(COCC[Si](C)(C)C)c1cccc(Br)c1Cl. The molecule has 1 rings (SSSR count). The fraction of sp³-hybridized carbons (Fsp3) is 0.600. The summed E-state index contributed by atoms with van der Waals surface area (Å²) in [6.45, 7) is 9.15. The molecule has 1 aromatic carbocycles. The van der Waals surface area contributed by atoms with Crippen LogP contribution in [0.1, 0.15) is 13.3 Å². The quantitative estimate of drug-likeness (QED) is 0.308. The van der Waals surface area contributed by atoms with Crippen LogP contribution in [-0.4, -0.2) is 35.6 Å². The maximum Gasteiger partial charge on any atom is 0.237 e. The zero-order chi connectivity index (χ0) is 17.7. The number of ether oxygens (including phenoxy) is 1. The van der Waals surface area contributed by atoms with Crippen molar-refractivity contribution in [3.8, 4) is 0 Å². The Kier molecular flexibility index (Phi) is 8.07. The third-order valence-corrected chi connectivity index (χ3v) is 8.09. The fourth-order valence-corrected chi connectivity index (χ4v) is 4.69. The molecular weight excluding hydrogens is 418 g/mol. The molecule has 0 fully saturated rings. The lowest BCUT2D eigenvalue weighted by molar-refractivity contribution is 0.156. The average Bonchev–Trinajstić information content (AvgIpc) is 2.41. The van der Waals surface area contributed by atoms with Crippen LogP contribution in [0.15, 0.2) is 22.7 Å². The Bertz CT molecular complexity index is 620. The minimum absolute atomic E-state index is 0.0109. The minimum atomic E-state index is -3.47. The van der Waals surface area contributed by atoms with Crippen LogP contribution in [0.4, 0.5) is 5.69 Å². The summed E-state index contributed by atoms with van der Waals surface area (Å²) in [5, 5.41) is 0.376. The summed E-state index contributed by atoms with van der Waals surface area (Å²) in [6, 6.07) is 6.23. The van der Waals surface area contributed by atoms with Gasteiger partial charge in [-0.15, -0.1) is 0 Å². The third-order valence-electron chi connectivity index (χ3n) is 3.20. The van der Waals surface area contributed by atoms with Crippen molar-refractivity contribution in [1.29, 1.82) is 0 Å². The van der Waals surface area contributed by atoms with E-state index in [0.717, 1.165) is 6.04 Å². The molecule has 0 heterocycles. The van der Waals surface area contributed by atoms with Gasteiger partial charge in [-0.05, 0) is 40.5 Å². The smallest absolute Gasteiger partial charge is 0.237 e. The molecule has 0 atom stereocenters. The Labute approximate surface area is 154 Å². The molecule has 132 valence electrons. The number of hydrogen-bond acceptors (Lipinski definition) is 3. The van der Waals surface area contributed by atoms with E-state index in [1.54, 1.807) is 18.2 Å². The Morgan fingerprint density at radius 3 is 2.52 bits per heavy atom. The lowest BCUT2D eigenvalue weighted by Crippen LogP contribution is -2.36. The summed E-state index contributed by atoms with van der Waals surface area (Å²) in [5.74, 6) is 0.0627. The van der Waals surface area contributed by atoms with Crippen molar-refractivity contribution in [2.45, 2.75) is 39.0 Å². The van der Waals surface area contributed by atoms with Crippen molar-refractivity contribution in [3.05, 3.63) is 27.7 Å². The van der Waals surface area contributed by atoms with Crippen LogP contribution in [0.3, 0.4) is 0 Å². The van der Waals surface area contributed by atoms with Gasteiger partial charge in [0.15, 0.2) is 0 Å². The van der Waals surface area contributed by atoms with Gasteiger partial charge in [0.1, 0.15) is 6.73 Å². The number of sulfonamides is 1. The molecule has 0 N–H and O–H groups in total. The second-order valence-electron chi connectivity index (χ2n) is 6.59. The first-order valence-corrected chi connectivity index (χ1v) is 14.1. The highest BCUT2D eigenvalue weighted by Crippen LogP contribution is 2.34. The lowest BCUT2D eigenvalue weighted by atomic mass is 10.3. The van der Waals surface area contributed by atoms with Gasteiger partial charge in [-0.25, -0.2) is 12.7 Å². The summed E-state index contributed by atoms with van der Waals surface area (Å²) in [4.78, 5) is 0. The second kappa shape index (κ2) is 8.85. The zero-order valence-electron chi connectivity index (χ0n) is 14.1. The van der Waals surface area contributed by atoms with E-state index in [4.69, 9.17) is 16.3 Å². The second-order valence-corrected chi connectivity index (χ2v) is 15.5. The number of hydrogen-bond donors (Lipinski definition) is 0. The molecule has 0 aromatic heterocycles. The largest absolute Gasteiger partial charge is 0.360 e. The molecule has 0 aliphatic rings. The highest BCUT2D eigenvalue weighted by molar-refractivity contribution is 9.10. The summed E-state index contributed by atoms with van der Waals surface area (Å²) in [6.07, 6.45) is 0.541. The van der Waals surface area contributed by atoms with Crippen molar-refractivity contribution in [2.24, 2.45) is 0 Å². The van der Waals surface area contributed by atoms with Crippen LogP contribution in [0, 0.1) is 0 Å².